The van der Waals surface area contributed by atoms with Gasteiger partial charge < -0.3 is 10.3 Å². The summed E-state index contributed by atoms with van der Waals surface area (Å²) in [6.07, 6.45) is -3.25. The highest BCUT2D eigenvalue weighted by atomic mass is 19.4. The Hall–Kier alpha value is -2.09. The van der Waals surface area contributed by atoms with Gasteiger partial charge in [0.25, 0.3) is 0 Å². The molecule has 0 bridgehead atoms. The van der Waals surface area contributed by atoms with E-state index in [1.165, 1.54) is 0 Å². The normalized spacial score (nSPS) is 17.1. The zero-order valence-corrected chi connectivity index (χ0v) is 14.0. The Morgan fingerprint density at radius 3 is 2.76 bits per heavy atom. The predicted molar refractivity (Wildman–Crippen MR) is 87.9 cm³/mol. The number of H-pyrrole nitrogens is 1. The summed E-state index contributed by atoms with van der Waals surface area (Å²) in [5.41, 5.74) is 3.08. The highest BCUT2D eigenvalue weighted by Crippen LogP contribution is 2.21. The first kappa shape index (κ1) is 17.7. The van der Waals surface area contributed by atoms with Gasteiger partial charge >= 0.3 is 6.18 Å². The van der Waals surface area contributed by atoms with E-state index in [1.807, 2.05) is 30.4 Å². The van der Waals surface area contributed by atoms with Gasteiger partial charge in [-0.15, -0.1) is 0 Å². The molecule has 3 rings (SSSR count). The molecule has 5 nitrogen and oxygen atoms in total. The summed E-state index contributed by atoms with van der Waals surface area (Å²) in [5, 5.41) is 1.98. The number of carbonyl (C=O) groups is 1. The minimum absolute atomic E-state index is 0.350. The van der Waals surface area contributed by atoms with Gasteiger partial charge in [0, 0.05) is 5.92 Å². The van der Waals surface area contributed by atoms with Crippen molar-refractivity contribution in [2.24, 2.45) is 5.92 Å². The van der Waals surface area contributed by atoms with Crippen molar-refractivity contribution < 1.29 is 18.0 Å². The average molecular weight is 354 g/mol. The maximum Gasteiger partial charge on any atom is 0.405 e. The van der Waals surface area contributed by atoms with Crippen LogP contribution in [0.1, 0.15) is 24.2 Å². The van der Waals surface area contributed by atoms with E-state index in [4.69, 9.17) is 0 Å². The molecule has 0 unspecified atom stereocenters. The molecule has 2 heterocycles. The predicted octanol–water partition coefficient (Wildman–Crippen LogP) is 2.76. The highest BCUT2D eigenvalue weighted by Gasteiger charge is 2.31. The Bertz CT molecular complexity index is 748. The molecule has 25 heavy (non-hydrogen) atoms. The summed E-state index contributed by atoms with van der Waals surface area (Å²) in [4.78, 5) is 21.8. The molecule has 1 aromatic heterocycles. The van der Waals surface area contributed by atoms with Crippen molar-refractivity contribution in [1.29, 1.82) is 0 Å². The fourth-order valence-electron chi connectivity index (χ4n) is 3.15. The van der Waals surface area contributed by atoms with Crippen molar-refractivity contribution in [3.63, 3.8) is 0 Å². The van der Waals surface area contributed by atoms with Gasteiger partial charge in [0.15, 0.2) is 0 Å². The van der Waals surface area contributed by atoms with Crippen LogP contribution >= 0.6 is 0 Å². The summed E-state index contributed by atoms with van der Waals surface area (Å²) in [5.74, 6) is 0.00804. The third kappa shape index (κ3) is 4.72. The largest absolute Gasteiger partial charge is 0.405 e. The maximum atomic E-state index is 12.2. The number of aromatic amines is 1. The van der Waals surface area contributed by atoms with E-state index in [2.05, 4.69) is 14.9 Å². The average Bonchev–Trinajstić information content (AvgIpc) is 2.94. The van der Waals surface area contributed by atoms with Crippen LogP contribution < -0.4 is 5.32 Å². The summed E-state index contributed by atoms with van der Waals surface area (Å²) < 4.78 is 36.5. The molecule has 2 aromatic rings. The first-order valence-electron chi connectivity index (χ1n) is 8.32. The van der Waals surface area contributed by atoms with Crippen molar-refractivity contribution in [2.45, 2.75) is 32.5 Å². The number of amides is 1. The van der Waals surface area contributed by atoms with Gasteiger partial charge in [-0.2, -0.15) is 13.2 Å². The second kappa shape index (κ2) is 7.03. The molecule has 0 saturated carbocycles. The van der Waals surface area contributed by atoms with Gasteiger partial charge in [0.05, 0.1) is 17.6 Å². The van der Waals surface area contributed by atoms with E-state index in [0.29, 0.717) is 32.5 Å². The Kier molecular flexibility index (Phi) is 4.99. The number of likely N-dealkylation sites (tertiary alicyclic amines) is 1. The van der Waals surface area contributed by atoms with Crippen LogP contribution in [0.4, 0.5) is 13.2 Å². The van der Waals surface area contributed by atoms with Crippen LogP contribution in [0.5, 0.6) is 0 Å². The van der Waals surface area contributed by atoms with Crippen molar-refractivity contribution in [3.8, 4) is 0 Å². The fourth-order valence-corrected chi connectivity index (χ4v) is 3.15. The maximum absolute atomic E-state index is 12.2. The van der Waals surface area contributed by atoms with Gasteiger partial charge in [0.1, 0.15) is 12.4 Å². The number of hydrogen-bond donors (Lipinski definition) is 2. The minimum atomic E-state index is -4.37. The van der Waals surface area contributed by atoms with Crippen LogP contribution in [0.25, 0.3) is 11.0 Å². The van der Waals surface area contributed by atoms with Gasteiger partial charge in [0.2, 0.25) is 5.91 Å². The van der Waals surface area contributed by atoms with E-state index < -0.39 is 18.6 Å². The van der Waals surface area contributed by atoms with Crippen LogP contribution in [-0.2, 0) is 11.3 Å². The van der Waals surface area contributed by atoms with E-state index in [1.54, 1.807) is 0 Å². The number of imidazole rings is 1. The Morgan fingerprint density at radius 2 is 2.08 bits per heavy atom. The smallest absolute Gasteiger partial charge is 0.347 e. The lowest BCUT2D eigenvalue weighted by molar-refractivity contribution is -0.141. The summed E-state index contributed by atoms with van der Waals surface area (Å²) in [6.45, 7) is 2.74. The quantitative estimate of drug-likeness (QED) is 0.888. The van der Waals surface area contributed by atoms with Crippen molar-refractivity contribution in [3.05, 3.63) is 29.6 Å². The SMILES string of the molecule is Cc1ccc2nc(CN3CCC(C(=O)NCC(F)(F)F)CC3)[nH]c2c1. The molecule has 1 amide bonds. The molecule has 0 aliphatic carbocycles. The summed E-state index contributed by atoms with van der Waals surface area (Å²) in [6, 6.07) is 6.03. The second-order valence-electron chi connectivity index (χ2n) is 6.59. The molecular weight excluding hydrogens is 333 g/mol. The van der Waals surface area contributed by atoms with E-state index >= 15 is 0 Å². The lowest BCUT2D eigenvalue weighted by atomic mass is 9.96. The van der Waals surface area contributed by atoms with Gasteiger partial charge in [-0.3, -0.25) is 9.69 Å². The molecule has 0 spiro atoms. The number of aryl methyl sites for hydroxylation is 1. The number of alkyl halides is 3. The summed E-state index contributed by atoms with van der Waals surface area (Å²) >= 11 is 0. The lowest BCUT2D eigenvalue weighted by Crippen LogP contribution is -2.42. The van der Waals surface area contributed by atoms with Crippen molar-refractivity contribution >= 4 is 16.9 Å². The molecule has 0 radical (unpaired) electrons. The summed E-state index contributed by atoms with van der Waals surface area (Å²) in [7, 11) is 0. The number of fused-ring (bicyclic) bond motifs is 1. The molecule has 1 aromatic carbocycles. The lowest BCUT2D eigenvalue weighted by Gasteiger charge is -2.30. The van der Waals surface area contributed by atoms with Crippen molar-refractivity contribution in [1.82, 2.24) is 20.2 Å². The number of hydrogen-bond acceptors (Lipinski definition) is 3. The third-order valence-corrected chi connectivity index (χ3v) is 4.48. The van der Waals surface area contributed by atoms with Crippen LogP contribution in [-0.4, -0.2) is 46.6 Å². The number of halogens is 3. The molecule has 1 aliphatic heterocycles. The molecule has 0 atom stereocenters. The Labute approximate surface area is 143 Å². The van der Waals surface area contributed by atoms with Gasteiger partial charge in [-0.25, -0.2) is 4.98 Å². The minimum Gasteiger partial charge on any atom is -0.347 e. The first-order chi connectivity index (χ1) is 11.8. The molecule has 1 aliphatic rings. The van der Waals surface area contributed by atoms with Crippen LogP contribution in [0.3, 0.4) is 0 Å². The number of piperidine rings is 1. The Morgan fingerprint density at radius 1 is 1.36 bits per heavy atom. The Balaban J connectivity index is 1.51. The molecule has 136 valence electrons. The molecule has 8 heteroatoms. The van der Waals surface area contributed by atoms with E-state index in [9.17, 15) is 18.0 Å². The van der Waals surface area contributed by atoms with Crippen LogP contribution in [0.2, 0.25) is 0 Å². The van der Waals surface area contributed by atoms with E-state index in [-0.39, 0.29) is 5.92 Å². The standard InChI is InChI=1S/C17H21F3N4O/c1-11-2-3-13-14(8-11)23-15(22-13)9-24-6-4-12(5-7-24)16(25)21-10-17(18,19)20/h2-3,8,12H,4-7,9-10H2,1H3,(H,21,25)(H,22,23). The molecular formula is C17H21F3N4O. The van der Waals surface area contributed by atoms with Gasteiger partial charge in [-0.1, -0.05) is 6.07 Å². The van der Waals surface area contributed by atoms with Crippen LogP contribution in [0.15, 0.2) is 18.2 Å². The highest BCUT2D eigenvalue weighted by molar-refractivity contribution is 5.78. The monoisotopic (exact) mass is 354 g/mol. The van der Waals surface area contributed by atoms with E-state index in [0.717, 1.165) is 22.4 Å². The van der Waals surface area contributed by atoms with Crippen LogP contribution in [0, 0.1) is 12.8 Å². The number of rotatable bonds is 4. The number of carbonyl (C=O) groups excluding carboxylic acids is 1. The molecule has 2 N–H and O–H groups in total. The number of aromatic nitrogens is 2. The topological polar surface area (TPSA) is 61.0 Å². The zero-order valence-electron chi connectivity index (χ0n) is 14.0. The fraction of sp³-hybridized carbons (Fsp3) is 0.529. The van der Waals surface area contributed by atoms with Crippen molar-refractivity contribution in [2.75, 3.05) is 19.6 Å². The van der Waals surface area contributed by atoms with Gasteiger partial charge in [-0.05, 0) is 50.6 Å². The third-order valence-electron chi connectivity index (χ3n) is 4.48. The zero-order chi connectivity index (χ0) is 18.0. The molecule has 1 saturated heterocycles. The second-order valence-corrected chi connectivity index (χ2v) is 6.59. The number of nitrogens with zero attached hydrogens (tertiary/aromatic N) is 2. The number of nitrogens with one attached hydrogen (secondary N) is 2. The number of benzene rings is 1. The molecule has 1 fully saturated rings. The first-order valence-corrected chi connectivity index (χ1v) is 8.32.